The molecule has 1 saturated heterocycles. The highest BCUT2D eigenvalue weighted by atomic mass is 16.5. The van der Waals surface area contributed by atoms with Crippen LogP contribution < -0.4 is 19.3 Å². The number of piperidine rings is 1. The standard InChI is InChI=1S/C34H37N5O3/c1-37(2)29-20-25(12-14-28(29)24-10-6-4-7-11-24)33-35-22-26-23-39(34(40)32(26)36-33)27-13-15-30(31(21-27)41-3)42-19-18-38-16-8-5-9-17-38/h4,6-7,10-15,20-22H,5,8-9,16-19,23H2,1-3H3. The Kier molecular flexibility index (Phi) is 8.06. The minimum Gasteiger partial charge on any atom is -0.493 e. The highest BCUT2D eigenvalue weighted by Crippen LogP contribution is 2.37. The molecular weight excluding hydrogens is 526 g/mol. The maximum Gasteiger partial charge on any atom is 0.277 e. The van der Waals surface area contributed by atoms with Gasteiger partial charge in [0.25, 0.3) is 5.91 Å². The van der Waals surface area contributed by atoms with Crippen molar-refractivity contribution in [2.75, 3.05) is 57.2 Å². The molecule has 0 spiro atoms. The monoisotopic (exact) mass is 563 g/mol. The summed E-state index contributed by atoms with van der Waals surface area (Å²) in [5.74, 6) is 1.67. The lowest BCUT2D eigenvalue weighted by Gasteiger charge is -2.26. The van der Waals surface area contributed by atoms with Gasteiger partial charge >= 0.3 is 0 Å². The average Bonchev–Trinajstić information content (AvgIpc) is 3.37. The zero-order chi connectivity index (χ0) is 29.1. The molecule has 0 radical (unpaired) electrons. The number of carbonyl (C=O) groups is 1. The Morgan fingerprint density at radius 2 is 1.71 bits per heavy atom. The summed E-state index contributed by atoms with van der Waals surface area (Å²) >= 11 is 0. The van der Waals surface area contributed by atoms with E-state index in [0.717, 1.165) is 53.3 Å². The van der Waals surface area contributed by atoms with E-state index >= 15 is 0 Å². The first-order chi connectivity index (χ1) is 20.5. The van der Waals surface area contributed by atoms with Gasteiger partial charge in [0.05, 0.1) is 13.7 Å². The minimum absolute atomic E-state index is 0.150. The third kappa shape index (κ3) is 5.67. The highest BCUT2D eigenvalue weighted by molar-refractivity contribution is 6.09. The van der Waals surface area contributed by atoms with Crippen molar-refractivity contribution in [3.05, 3.63) is 84.2 Å². The van der Waals surface area contributed by atoms with Crippen molar-refractivity contribution < 1.29 is 14.3 Å². The van der Waals surface area contributed by atoms with Gasteiger partial charge in [0.15, 0.2) is 17.3 Å². The fourth-order valence-corrected chi connectivity index (χ4v) is 5.74. The molecule has 6 rings (SSSR count). The second-order valence-corrected chi connectivity index (χ2v) is 11.0. The first-order valence-corrected chi connectivity index (χ1v) is 14.6. The number of fused-ring (bicyclic) bond motifs is 1. The second kappa shape index (κ2) is 12.2. The van der Waals surface area contributed by atoms with E-state index in [1.165, 1.54) is 19.3 Å². The Bertz CT molecular complexity index is 1570. The zero-order valence-electron chi connectivity index (χ0n) is 24.5. The summed E-state index contributed by atoms with van der Waals surface area (Å²) in [6.07, 6.45) is 5.60. The number of methoxy groups -OCH3 is 1. The van der Waals surface area contributed by atoms with Crippen LogP contribution in [-0.4, -0.2) is 68.2 Å². The van der Waals surface area contributed by atoms with Crippen LogP contribution in [0.4, 0.5) is 11.4 Å². The third-order valence-corrected chi connectivity index (χ3v) is 8.04. The Hall–Kier alpha value is -4.43. The highest BCUT2D eigenvalue weighted by Gasteiger charge is 2.31. The average molecular weight is 564 g/mol. The van der Waals surface area contributed by atoms with Gasteiger partial charge in [0.2, 0.25) is 0 Å². The number of hydrogen-bond acceptors (Lipinski definition) is 7. The first-order valence-electron chi connectivity index (χ1n) is 14.6. The lowest BCUT2D eigenvalue weighted by Crippen LogP contribution is -2.33. The van der Waals surface area contributed by atoms with Crippen LogP contribution >= 0.6 is 0 Å². The molecule has 2 aliphatic heterocycles. The lowest BCUT2D eigenvalue weighted by atomic mass is 10.0. The molecule has 1 fully saturated rings. The molecule has 0 saturated carbocycles. The third-order valence-electron chi connectivity index (χ3n) is 8.04. The largest absolute Gasteiger partial charge is 0.493 e. The fourth-order valence-electron chi connectivity index (χ4n) is 5.74. The number of nitrogens with zero attached hydrogens (tertiary/aromatic N) is 5. The van der Waals surface area contributed by atoms with Crippen LogP contribution in [0.2, 0.25) is 0 Å². The van der Waals surface area contributed by atoms with Crippen LogP contribution in [0.25, 0.3) is 22.5 Å². The number of amides is 1. The number of ether oxygens (including phenoxy) is 2. The normalized spacial score (nSPS) is 15.0. The van der Waals surface area contributed by atoms with E-state index in [2.05, 4.69) is 39.0 Å². The van der Waals surface area contributed by atoms with Gasteiger partial charge in [-0.15, -0.1) is 0 Å². The fraction of sp³-hybridized carbons (Fsp3) is 0.324. The van der Waals surface area contributed by atoms with E-state index in [1.54, 1.807) is 18.2 Å². The van der Waals surface area contributed by atoms with Gasteiger partial charge in [-0.3, -0.25) is 9.69 Å². The molecule has 0 atom stereocenters. The van der Waals surface area contributed by atoms with Crippen LogP contribution in [0.5, 0.6) is 11.5 Å². The first kappa shape index (κ1) is 27.7. The Morgan fingerprint density at radius 1 is 0.905 bits per heavy atom. The predicted molar refractivity (Wildman–Crippen MR) is 167 cm³/mol. The summed E-state index contributed by atoms with van der Waals surface area (Å²) in [7, 11) is 5.67. The number of likely N-dealkylation sites (tertiary alicyclic amines) is 1. The summed E-state index contributed by atoms with van der Waals surface area (Å²) in [6.45, 7) is 4.18. The molecule has 42 heavy (non-hydrogen) atoms. The summed E-state index contributed by atoms with van der Waals surface area (Å²) in [5.41, 5.74) is 6.16. The Balaban J connectivity index is 1.20. The second-order valence-electron chi connectivity index (χ2n) is 11.0. The van der Waals surface area contributed by atoms with Gasteiger partial charge in [0, 0.05) is 61.0 Å². The molecule has 0 N–H and O–H groups in total. The van der Waals surface area contributed by atoms with Crippen LogP contribution in [0.15, 0.2) is 72.9 Å². The maximum atomic E-state index is 13.6. The van der Waals surface area contributed by atoms with Crippen molar-refractivity contribution in [2.45, 2.75) is 25.8 Å². The van der Waals surface area contributed by atoms with Crippen molar-refractivity contribution in [3.63, 3.8) is 0 Å². The molecule has 8 heteroatoms. The Morgan fingerprint density at radius 3 is 2.48 bits per heavy atom. The molecule has 3 aromatic carbocycles. The van der Waals surface area contributed by atoms with Crippen LogP contribution in [0, 0.1) is 0 Å². The maximum absolute atomic E-state index is 13.6. The molecule has 0 bridgehead atoms. The molecular formula is C34H37N5O3. The molecule has 1 aromatic heterocycles. The zero-order valence-corrected chi connectivity index (χ0v) is 24.5. The molecule has 3 heterocycles. The van der Waals surface area contributed by atoms with Gasteiger partial charge in [-0.2, -0.15) is 0 Å². The smallest absolute Gasteiger partial charge is 0.277 e. The van der Waals surface area contributed by atoms with E-state index in [4.69, 9.17) is 14.5 Å². The SMILES string of the molecule is COc1cc(N2Cc3cnc(-c4ccc(-c5ccccc5)c(N(C)C)c4)nc3C2=O)ccc1OCCN1CCCCC1. The predicted octanol–water partition coefficient (Wildman–Crippen LogP) is 5.91. The van der Waals surface area contributed by atoms with Crippen molar-refractivity contribution in [1.29, 1.82) is 0 Å². The number of aromatic nitrogens is 2. The van der Waals surface area contributed by atoms with E-state index < -0.39 is 0 Å². The molecule has 216 valence electrons. The van der Waals surface area contributed by atoms with Gasteiger partial charge < -0.3 is 19.3 Å². The Labute approximate surface area is 247 Å². The molecule has 0 unspecified atom stereocenters. The van der Waals surface area contributed by atoms with Crippen molar-refractivity contribution in [3.8, 4) is 34.0 Å². The molecule has 0 aliphatic carbocycles. The van der Waals surface area contributed by atoms with Crippen molar-refractivity contribution in [1.82, 2.24) is 14.9 Å². The van der Waals surface area contributed by atoms with E-state index in [1.807, 2.05) is 56.6 Å². The molecule has 1 amide bonds. The summed E-state index contributed by atoms with van der Waals surface area (Å²) < 4.78 is 11.7. The molecule has 8 nitrogen and oxygen atoms in total. The van der Waals surface area contributed by atoms with Gasteiger partial charge in [-0.1, -0.05) is 48.9 Å². The summed E-state index contributed by atoms with van der Waals surface area (Å²) in [6, 6.07) is 22.1. The van der Waals surface area contributed by atoms with Gasteiger partial charge in [-0.25, -0.2) is 9.97 Å². The summed E-state index contributed by atoms with van der Waals surface area (Å²) in [4.78, 5) is 29.2. The van der Waals surface area contributed by atoms with Crippen LogP contribution in [-0.2, 0) is 6.54 Å². The lowest BCUT2D eigenvalue weighted by molar-refractivity contribution is 0.0992. The summed E-state index contributed by atoms with van der Waals surface area (Å²) in [5, 5.41) is 0. The van der Waals surface area contributed by atoms with Gasteiger partial charge in [-0.05, 0) is 49.7 Å². The topological polar surface area (TPSA) is 71.0 Å². The number of rotatable bonds is 9. The van der Waals surface area contributed by atoms with E-state index in [9.17, 15) is 4.79 Å². The molecule has 4 aromatic rings. The minimum atomic E-state index is -0.150. The molecule has 2 aliphatic rings. The number of benzene rings is 3. The number of anilines is 2. The van der Waals surface area contributed by atoms with Gasteiger partial charge in [0.1, 0.15) is 12.3 Å². The van der Waals surface area contributed by atoms with Crippen molar-refractivity contribution >= 4 is 17.3 Å². The van der Waals surface area contributed by atoms with Crippen LogP contribution in [0.1, 0.15) is 35.3 Å². The number of carbonyl (C=O) groups excluding carboxylic acids is 1. The quantitative estimate of drug-likeness (QED) is 0.251. The van der Waals surface area contributed by atoms with E-state index in [-0.39, 0.29) is 5.91 Å². The van der Waals surface area contributed by atoms with Crippen molar-refractivity contribution in [2.24, 2.45) is 0 Å². The van der Waals surface area contributed by atoms with E-state index in [0.29, 0.717) is 36.2 Å². The number of hydrogen-bond donors (Lipinski definition) is 0. The van der Waals surface area contributed by atoms with Crippen LogP contribution in [0.3, 0.4) is 0 Å².